The third kappa shape index (κ3) is 2.10. The Labute approximate surface area is 105 Å². The molecule has 0 aromatic heterocycles. The molecule has 2 rings (SSSR count). The van der Waals surface area contributed by atoms with Gasteiger partial charge in [0, 0.05) is 29.7 Å². The van der Waals surface area contributed by atoms with Crippen molar-refractivity contribution in [3.63, 3.8) is 0 Å². The van der Waals surface area contributed by atoms with Crippen molar-refractivity contribution in [1.29, 1.82) is 0 Å². The fourth-order valence-corrected chi connectivity index (χ4v) is 2.86. The van der Waals surface area contributed by atoms with Gasteiger partial charge in [-0.2, -0.15) is 0 Å². The quantitative estimate of drug-likeness (QED) is 0.747. The van der Waals surface area contributed by atoms with Crippen LogP contribution in [0.25, 0.3) is 0 Å². The summed E-state index contributed by atoms with van der Waals surface area (Å²) in [5.74, 6) is 1.26. The Morgan fingerprint density at radius 2 is 1.94 bits per heavy atom. The molecule has 1 nitrogen and oxygen atoms in total. The zero-order chi connectivity index (χ0) is 11.7. The van der Waals surface area contributed by atoms with Crippen LogP contribution in [0, 0.1) is 17.7 Å². The van der Waals surface area contributed by atoms with Crippen molar-refractivity contribution in [3.05, 3.63) is 29.6 Å². The van der Waals surface area contributed by atoms with Crippen molar-refractivity contribution >= 4 is 21.6 Å². The van der Waals surface area contributed by atoms with Gasteiger partial charge in [0.1, 0.15) is 5.82 Å². The molecule has 1 heterocycles. The van der Waals surface area contributed by atoms with Gasteiger partial charge in [-0.15, -0.1) is 0 Å². The molecule has 1 aromatic rings. The maximum atomic E-state index is 13.6. The van der Waals surface area contributed by atoms with Gasteiger partial charge in [0.15, 0.2) is 0 Å². The van der Waals surface area contributed by atoms with Crippen LogP contribution < -0.4 is 4.90 Å². The summed E-state index contributed by atoms with van der Waals surface area (Å²) in [6.45, 7) is 6.59. The molecule has 2 unspecified atom stereocenters. The van der Waals surface area contributed by atoms with Crippen molar-refractivity contribution in [2.24, 2.45) is 11.8 Å². The first-order valence-corrected chi connectivity index (χ1v) is 6.84. The fraction of sp³-hybridized carbons (Fsp3) is 0.538. The van der Waals surface area contributed by atoms with E-state index in [-0.39, 0.29) is 5.82 Å². The highest BCUT2D eigenvalue weighted by Gasteiger charge is 2.27. The minimum absolute atomic E-state index is 0.110. The molecule has 1 fully saturated rings. The van der Waals surface area contributed by atoms with Crippen LogP contribution in [-0.2, 0) is 5.33 Å². The van der Waals surface area contributed by atoms with E-state index in [9.17, 15) is 4.39 Å². The second-order valence-corrected chi connectivity index (χ2v) is 5.29. The van der Waals surface area contributed by atoms with Crippen LogP contribution in [0.1, 0.15) is 19.4 Å². The van der Waals surface area contributed by atoms with E-state index in [0.717, 1.165) is 24.3 Å². The van der Waals surface area contributed by atoms with E-state index in [1.165, 1.54) is 6.07 Å². The highest BCUT2D eigenvalue weighted by molar-refractivity contribution is 9.08. The number of halogens is 2. The Kier molecular flexibility index (Phi) is 3.53. The zero-order valence-electron chi connectivity index (χ0n) is 9.71. The second kappa shape index (κ2) is 4.74. The van der Waals surface area contributed by atoms with Crippen LogP contribution in [0.4, 0.5) is 10.1 Å². The van der Waals surface area contributed by atoms with E-state index in [1.807, 2.05) is 6.07 Å². The molecule has 0 radical (unpaired) electrons. The lowest BCUT2D eigenvalue weighted by Gasteiger charge is -2.21. The molecule has 0 amide bonds. The highest BCUT2D eigenvalue weighted by atomic mass is 79.9. The van der Waals surface area contributed by atoms with Gasteiger partial charge in [0.05, 0.1) is 0 Å². The molecule has 0 spiro atoms. The van der Waals surface area contributed by atoms with Gasteiger partial charge in [0.25, 0.3) is 0 Å². The second-order valence-electron chi connectivity index (χ2n) is 4.73. The summed E-state index contributed by atoms with van der Waals surface area (Å²) in [4.78, 5) is 2.30. The van der Waals surface area contributed by atoms with Crippen molar-refractivity contribution in [1.82, 2.24) is 0 Å². The first kappa shape index (κ1) is 11.9. The third-order valence-corrected chi connectivity index (χ3v) is 4.12. The molecule has 1 aliphatic heterocycles. The largest absolute Gasteiger partial charge is 0.371 e. The highest BCUT2D eigenvalue weighted by Crippen LogP contribution is 2.32. The van der Waals surface area contributed by atoms with Crippen LogP contribution in [-0.4, -0.2) is 13.1 Å². The Morgan fingerprint density at radius 3 is 2.50 bits per heavy atom. The van der Waals surface area contributed by atoms with Gasteiger partial charge in [-0.05, 0) is 24.0 Å². The molecule has 1 saturated heterocycles. The van der Waals surface area contributed by atoms with Crippen LogP contribution in [0.15, 0.2) is 18.2 Å². The number of benzene rings is 1. The summed E-state index contributed by atoms with van der Waals surface area (Å²) < 4.78 is 13.6. The lowest BCUT2D eigenvalue weighted by molar-refractivity contribution is 0.494. The molecule has 1 aliphatic rings. The van der Waals surface area contributed by atoms with Crippen molar-refractivity contribution in [2.45, 2.75) is 19.2 Å². The topological polar surface area (TPSA) is 3.24 Å². The number of hydrogen-bond donors (Lipinski definition) is 0. The molecule has 2 atom stereocenters. The molecular weight excluding hydrogens is 269 g/mol. The predicted octanol–water partition coefficient (Wildman–Crippen LogP) is 3.81. The van der Waals surface area contributed by atoms with Crippen molar-refractivity contribution in [3.8, 4) is 0 Å². The Morgan fingerprint density at radius 1 is 1.31 bits per heavy atom. The number of anilines is 1. The first-order chi connectivity index (χ1) is 7.63. The molecule has 0 aliphatic carbocycles. The molecule has 88 valence electrons. The van der Waals surface area contributed by atoms with Crippen LogP contribution in [0.5, 0.6) is 0 Å². The molecule has 0 saturated carbocycles. The molecule has 1 aromatic carbocycles. The van der Waals surface area contributed by atoms with E-state index in [2.05, 4.69) is 34.7 Å². The van der Waals surface area contributed by atoms with Gasteiger partial charge >= 0.3 is 0 Å². The molecule has 3 heteroatoms. The SMILES string of the molecule is CC1CN(c2cccc(F)c2CBr)CC1C. The van der Waals surface area contributed by atoms with Gasteiger partial charge in [-0.25, -0.2) is 4.39 Å². The van der Waals surface area contributed by atoms with Crippen molar-refractivity contribution < 1.29 is 4.39 Å². The zero-order valence-corrected chi connectivity index (χ0v) is 11.3. The minimum atomic E-state index is -0.110. The molecule has 16 heavy (non-hydrogen) atoms. The fourth-order valence-electron chi connectivity index (χ4n) is 2.30. The third-order valence-electron chi connectivity index (χ3n) is 3.56. The van der Waals surface area contributed by atoms with E-state index >= 15 is 0 Å². The van der Waals surface area contributed by atoms with E-state index in [0.29, 0.717) is 17.2 Å². The summed E-state index contributed by atoms with van der Waals surface area (Å²) in [7, 11) is 0. The minimum Gasteiger partial charge on any atom is -0.371 e. The van der Waals surface area contributed by atoms with Gasteiger partial charge < -0.3 is 4.90 Å². The van der Waals surface area contributed by atoms with Gasteiger partial charge in [0.2, 0.25) is 0 Å². The van der Waals surface area contributed by atoms with E-state index in [4.69, 9.17) is 0 Å². The average Bonchev–Trinajstić information content (AvgIpc) is 2.59. The van der Waals surface area contributed by atoms with Gasteiger partial charge in [-0.3, -0.25) is 0 Å². The summed E-state index contributed by atoms with van der Waals surface area (Å²) >= 11 is 3.37. The number of nitrogens with zero attached hydrogens (tertiary/aromatic N) is 1. The lowest BCUT2D eigenvalue weighted by Crippen LogP contribution is -2.21. The molecule has 0 N–H and O–H groups in total. The van der Waals surface area contributed by atoms with Crippen molar-refractivity contribution in [2.75, 3.05) is 18.0 Å². The van der Waals surface area contributed by atoms with Crippen LogP contribution >= 0.6 is 15.9 Å². The maximum absolute atomic E-state index is 13.6. The van der Waals surface area contributed by atoms with Gasteiger partial charge in [-0.1, -0.05) is 35.8 Å². The maximum Gasteiger partial charge on any atom is 0.129 e. The normalized spacial score (nSPS) is 25.1. The summed E-state index contributed by atoms with van der Waals surface area (Å²) in [5, 5.41) is 0.578. The Balaban J connectivity index is 2.31. The summed E-state index contributed by atoms with van der Waals surface area (Å²) in [5.41, 5.74) is 1.83. The smallest absolute Gasteiger partial charge is 0.129 e. The van der Waals surface area contributed by atoms with E-state index < -0.39 is 0 Å². The first-order valence-electron chi connectivity index (χ1n) is 5.71. The number of hydrogen-bond acceptors (Lipinski definition) is 1. The van der Waals surface area contributed by atoms with Crippen LogP contribution in [0.3, 0.4) is 0 Å². The Hall–Kier alpha value is -0.570. The Bertz CT molecular complexity index is 370. The molecule has 0 bridgehead atoms. The lowest BCUT2D eigenvalue weighted by atomic mass is 10.0. The standard InChI is InChI=1S/C13H17BrFN/c1-9-7-16(8-10(9)2)13-5-3-4-12(15)11(13)6-14/h3-5,9-10H,6-8H2,1-2H3. The monoisotopic (exact) mass is 285 g/mol. The van der Waals surface area contributed by atoms with Crippen LogP contribution in [0.2, 0.25) is 0 Å². The summed E-state index contributed by atoms with van der Waals surface area (Å²) in [6, 6.07) is 5.35. The average molecular weight is 286 g/mol. The molecular formula is C13H17BrFN. The van der Waals surface area contributed by atoms with E-state index in [1.54, 1.807) is 6.07 Å². The number of alkyl halides is 1. The predicted molar refractivity (Wildman–Crippen MR) is 69.6 cm³/mol. The number of rotatable bonds is 2. The summed E-state index contributed by atoms with van der Waals surface area (Å²) in [6.07, 6.45) is 0.